The van der Waals surface area contributed by atoms with Crippen LogP contribution in [0.4, 0.5) is 5.82 Å². The van der Waals surface area contributed by atoms with E-state index in [1.54, 1.807) is 12.1 Å². The molecule has 1 unspecified atom stereocenters. The van der Waals surface area contributed by atoms with Gasteiger partial charge in [-0.15, -0.1) is 0 Å². The predicted molar refractivity (Wildman–Crippen MR) is 104 cm³/mol. The fraction of sp³-hybridized carbons (Fsp3) is 0.350. The van der Waals surface area contributed by atoms with Gasteiger partial charge in [0.25, 0.3) is 11.8 Å². The van der Waals surface area contributed by atoms with Gasteiger partial charge in [-0.25, -0.2) is 0 Å². The van der Waals surface area contributed by atoms with Crippen molar-refractivity contribution in [3.05, 3.63) is 46.6 Å². The summed E-state index contributed by atoms with van der Waals surface area (Å²) in [6.07, 6.45) is 0.249. The highest BCUT2D eigenvalue weighted by Gasteiger charge is 2.44. The fourth-order valence-electron chi connectivity index (χ4n) is 4.35. The molecule has 1 atom stereocenters. The van der Waals surface area contributed by atoms with Crippen molar-refractivity contribution in [2.75, 3.05) is 12.3 Å². The summed E-state index contributed by atoms with van der Waals surface area (Å²) >= 11 is 0. The van der Waals surface area contributed by atoms with E-state index in [0.29, 0.717) is 24.5 Å². The molecule has 1 fully saturated rings. The molecule has 10 nitrogen and oxygen atoms in total. The third-order valence-corrected chi connectivity index (χ3v) is 5.81. The summed E-state index contributed by atoms with van der Waals surface area (Å²) in [5.74, 6) is -1.48. The molecule has 0 saturated carbocycles. The number of imide groups is 2. The zero-order valence-corrected chi connectivity index (χ0v) is 16.1. The van der Waals surface area contributed by atoms with Gasteiger partial charge in [0.2, 0.25) is 11.8 Å². The summed E-state index contributed by atoms with van der Waals surface area (Å²) < 4.78 is 1.90. The highest BCUT2D eigenvalue weighted by atomic mass is 16.2. The molecule has 10 heteroatoms. The molecule has 1 aromatic heterocycles. The van der Waals surface area contributed by atoms with Crippen LogP contribution in [0.3, 0.4) is 0 Å². The Morgan fingerprint density at radius 2 is 1.87 bits per heavy atom. The van der Waals surface area contributed by atoms with Crippen LogP contribution in [0.1, 0.15) is 44.8 Å². The van der Waals surface area contributed by atoms with Gasteiger partial charge in [0.15, 0.2) is 0 Å². The van der Waals surface area contributed by atoms with Crippen molar-refractivity contribution in [1.29, 1.82) is 0 Å². The van der Waals surface area contributed by atoms with Crippen LogP contribution < -0.4 is 11.1 Å². The average molecular weight is 408 g/mol. The minimum atomic E-state index is -0.952. The maximum absolute atomic E-state index is 12.9. The first-order chi connectivity index (χ1) is 14.4. The lowest BCUT2D eigenvalue weighted by Gasteiger charge is -2.27. The van der Waals surface area contributed by atoms with Gasteiger partial charge < -0.3 is 5.73 Å². The molecule has 1 saturated heterocycles. The Labute approximate surface area is 171 Å². The van der Waals surface area contributed by atoms with Gasteiger partial charge in [-0.1, -0.05) is 6.07 Å². The van der Waals surface area contributed by atoms with Crippen molar-refractivity contribution in [1.82, 2.24) is 24.9 Å². The summed E-state index contributed by atoms with van der Waals surface area (Å²) in [5, 5.41) is 6.45. The predicted octanol–water partition coefficient (Wildman–Crippen LogP) is -0.118. The molecule has 30 heavy (non-hydrogen) atoms. The van der Waals surface area contributed by atoms with Gasteiger partial charge in [0.1, 0.15) is 11.9 Å². The van der Waals surface area contributed by atoms with Gasteiger partial charge in [-0.3, -0.25) is 39.0 Å². The molecule has 5 rings (SSSR count). The quantitative estimate of drug-likeness (QED) is 0.677. The molecule has 0 spiro atoms. The number of rotatable bonds is 3. The largest absolute Gasteiger partial charge is 0.382 e. The summed E-state index contributed by atoms with van der Waals surface area (Å²) in [4.78, 5) is 52.5. The van der Waals surface area contributed by atoms with E-state index < -0.39 is 23.8 Å². The standard InChI is InChI=1S/C20H20N6O4/c21-16-8-12-10-24(5-6-25(12)23-16)9-11-1-2-13-14(7-11)20(30)26(19(13)29)15-3-4-17(27)22-18(15)28/h1-2,7-8,15H,3-6,9-10H2,(H2,21,23)(H,22,27,28). The van der Waals surface area contributed by atoms with Crippen LogP contribution in [0.25, 0.3) is 0 Å². The molecule has 1 aromatic carbocycles. The number of carbonyl (C=O) groups is 4. The van der Waals surface area contributed by atoms with Gasteiger partial charge in [-0.2, -0.15) is 5.10 Å². The SMILES string of the molecule is Nc1cc2n(n1)CCN(Cc1ccc3c(c1)C(=O)N(C1CCC(=O)NC1=O)C3=O)C2. The monoisotopic (exact) mass is 408 g/mol. The number of benzene rings is 1. The second kappa shape index (κ2) is 6.77. The molecular formula is C20H20N6O4. The molecule has 0 bridgehead atoms. The number of fused-ring (bicyclic) bond motifs is 2. The second-order valence-electron chi connectivity index (χ2n) is 7.82. The molecule has 154 valence electrons. The maximum atomic E-state index is 12.9. The topological polar surface area (TPSA) is 131 Å². The minimum Gasteiger partial charge on any atom is -0.382 e. The summed E-state index contributed by atoms with van der Waals surface area (Å²) in [5.41, 5.74) is 8.30. The Morgan fingerprint density at radius 3 is 2.67 bits per heavy atom. The van der Waals surface area contributed by atoms with Crippen molar-refractivity contribution < 1.29 is 19.2 Å². The lowest BCUT2D eigenvalue weighted by atomic mass is 10.0. The first-order valence-corrected chi connectivity index (χ1v) is 9.80. The first-order valence-electron chi connectivity index (χ1n) is 9.80. The van der Waals surface area contributed by atoms with Crippen LogP contribution in [0.2, 0.25) is 0 Å². The highest BCUT2D eigenvalue weighted by Crippen LogP contribution is 2.29. The first kappa shape index (κ1) is 18.5. The molecule has 3 aliphatic heterocycles. The Balaban J connectivity index is 1.35. The number of hydrogen-bond acceptors (Lipinski definition) is 7. The Hall–Kier alpha value is -3.53. The van der Waals surface area contributed by atoms with Crippen LogP contribution in [0, 0.1) is 0 Å². The Bertz CT molecular complexity index is 1110. The van der Waals surface area contributed by atoms with E-state index in [2.05, 4.69) is 15.3 Å². The highest BCUT2D eigenvalue weighted by molar-refractivity contribution is 6.23. The normalized spacial score (nSPS) is 21.6. The Morgan fingerprint density at radius 1 is 1.07 bits per heavy atom. The number of carbonyl (C=O) groups excluding carboxylic acids is 4. The number of nitrogen functional groups attached to an aromatic ring is 1. The molecule has 4 heterocycles. The fourth-order valence-corrected chi connectivity index (χ4v) is 4.35. The molecular weight excluding hydrogens is 388 g/mol. The van der Waals surface area contributed by atoms with E-state index in [-0.39, 0.29) is 24.3 Å². The number of nitrogens with two attached hydrogens (primary N) is 1. The summed E-state index contributed by atoms with van der Waals surface area (Å²) in [7, 11) is 0. The van der Waals surface area contributed by atoms with Gasteiger partial charge in [-0.05, 0) is 24.1 Å². The van der Waals surface area contributed by atoms with E-state index in [1.165, 1.54) is 0 Å². The molecule has 2 aromatic rings. The number of amides is 4. The Kier molecular flexibility index (Phi) is 4.17. The molecule has 3 N–H and O–H groups in total. The van der Waals surface area contributed by atoms with E-state index in [0.717, 1.165) is 29.2 Å². The van der Waals surface area contributed by atoms with Crippen LogP contribution in [0.5, 0.6) is 0 Å². The minimum absolute atomic E-state index is 0.102. The zero-order valence-electron chi connectivity index (χ0n) is 16.1. The average Bonchev–Trinajstić information content (AvgIpc) is 3.19. The molecule has 3 aliphatic rings. The second-order valence-corrected chi connectivity index (χ2v) is 7.82. The number of hydrogen-bond donors (Lipinski definition) is 2. The smallest absolute Gasteiger partial charge is 0.262 e. The van der Waals surface area contributed by atoms with Crippen molar-refractivity contribution in [2.24, 2.45) is 0 Å². The lowest BCUT2D eigenvalue weighted by Crippen LogP contribution is -2.54. The summed E-state index contributed by atoms with van der Waals surface area (Å²) in [6, 6.07) is 6.10. The van der Waals surface area contributed by atoms with Crippen LogP contribution in [-0.4, -0.2) is 55.8 Å². The van der Waals surface area contributed by atoms with Gasteiger partial charge in [0, 0.05) is 32.1 Å². The van der Waals surface area contributed by atoms with Crippen molar-refractivity contribution in [3.63, 3.8) is 0 Å². The van der Waals surface area contributed by atoms with E-state index in [9.17, 15) is 19.2 Å². The number of nitrogens with one attached hydrogen (secondary N) is 1. The summed E-state index contributed by atoms with van der Waals surface area (Å²) in [6.45, 7) is 2.83. The number of anilines is 1. The third-order valence-electron chi connectivity index (χ3n) is 5.81. The van der Waals surface area contributed by atoms with Gasteiger partial charge >= 0.3 is 0 Å². The van der Waals surface area contributed by atoms with Gasteiger partial charge in [0.05, 0.1) is 23.4 Å². The van der Waals surface area contributed by atoms with Crippen LogP contribution in [-0.2, 0) is 29.2 Å². The van der Waals surface area contributed by atoms with Crippen molar-refractivity contribution in [2.45, 2.75) is 38.5 Å². The zero-order chi connectivity index (χ0) is 21.0. The van der Waals surface area contributed by atoms with E-state index in [1.807, 2.05) is 16.8 Å². The maximum Gasteiger partial charge on any atom is 0.262 e. The third kappa shape index (κ3) is 2.96. The molecule has 0 aliphatic carbocycles. The number of piperidine rings is 1. The lowest BCUT2D eigenvalue weighted by molar-refractivity contribution is -0.136. The van der Waals surface area contributed by atoms with Crippen LogP contribution in [0.15, 0.2) is 24.3 Å². The number of nitrogens with zero attached hydrogens (tertiary/aromatic N) is 4. The molecule has 0 radical (unpaired) electrons. The van der Waals surface area contributed by atoms with Crippen LogP contribution >= 0.6 is 0 Å². The molecule has 4 amide bonds. The number of aromatic nitrogens is 2. The van der Waals surface area contributed by atoms with E-state index >= 15 is 0 Å². The van der Waals surface area contributed by atoms with E-state index in [4.69, 9.17) is 5.73 Å². The van der Waals surface area contributed by atoms with Crippen molar-refractivity contribution >= 4 is 29.4 Å². The van der Waals surface area contributed by atoms with Crippen molar-refractivity contribution in [3.8, 4) is 0 Å².